The number of β-amino-alcohol motifs (C(OH)–C–C–N with tert-alkyl or cyclic N) is 1. The monoisotopic (exact) mass is 433 g/mol. The smallest absolute Gasteiger partial charge is 0.240 e. The van der Waals surface area contributed by atoms with Gasteiger partial charge in [-0.1, -0.05) is 0 Å². The van der Waals surface area contributed by atoms with Gasteiger partial charge in [-0.05, 0) is 59.0 Å². The summed E-state index contributed by atoms with van der Waals surface area (Å²) < 4.78 is 7.33. The molecule has 4 rings (SSSR count). The maximum Gasteiger partial charge on any atom is 0.240 e. The van der Waals surface area contributed by atoms with Gasteiger partial charge in [-0.25, -0.2) is 0 Å². The highest BCUT2D eigenvalue weighted by Crippen LogP contribution is 2.29. The van der Waals surface area contributed by atoms with Gasteiger partial charge in [0.2, 0.25) is 5.91 Å². The van der Waals surface area contributed by atoms with E-state index in [1.165, 1.54) is 0 Å². The predicted molar refractivity (Wildman–Crippen MR) is 119 cm³/mol. The molecule has 174 valence electrons. The van der Waals surface area contributed by atoms with E-state index in [4.69, 9.17) is 4.74 Å². The van der Waals surface area contributed by atoms with E-state index in [0.717, 1.165) is 63.2 Å². The number of ether oxygens (including phenoxy) is 1. The highest BCUT2D eigenvalue weighted by Gasteiger charge is 2.42. The molecule has 8 heteroatoms. The normalized spacial score (nSPS) is 27.1. The van der Waals surface area contributed by atoms with Crippen molar-refractivity contribution < 1.29 is 14.6 Å². The van der Waals surface area contributed by atoms with Crippen molar-refractivity contribution in [3.05, 3.63) is 17.5 Å². The first-order valence-corrected chi connectivity index (χ1v) is 12.0. The third kappa shape index (κ3) is 5.13. The molecule has 0 bridgehead atoms. The molecule has 0 saturated carbocycles. The number of aromatic nitrogens is 2. The molecule has 0 aliphatic carbocycles. The first-order valence-electron chi connectivity index (χ1n) is 12.0. The molecular formula is C23H39N5O3. The number of rotatable bonds is 6. The minimum absolute atomic E-state index is 0.147. The molecule has 2 atom stereocenters. The standard InChI is InChI=1S/C23H39N5O3/c1-4-26(15-18-14-25(3)24-17(18)2)23(30)22-13-21(29)16-28(22)20-5-9-27(10-6-20)19-7-11-31-12-8-19/h14,19-22,29H,4-13,15-16H2,1-3H3/t21-,22+/m1/s1. The third-order valence-electron chi connectivity index (χ3n) is 7.45. The van der Waals surface area contributed by atoms with Gasteiger partial charge in [0.05, 0.1) is 17.8 Å². The first-order chi connectivity index (χ1) is 15.0. The average molecular weight is 434 g/mol. The van der Waals surface area contributed by atoms with E-state index in [2.05, 4.69) is 14.9 Å². The molecule has 0 radical (unpaired) electrons. The van der Waals surface area contributed by atoms with Crippen molar-refractivity contribution in [3.63, 3.8) is 0 Å². The minimum atomic E-state index is -0.415. The first kappa shape index (κ1) is 22.7. The Balaban J connectivity index is 1.38. The number of aryl methyl sites for hydroxylation is 2. The van der Waals surface area contributed by atoms with Crippen LogP contribution >= 0.6 is 0 Å². The average Bonchev–Trinajstić information content (AvgIpc) is 3.33. The van der Waals surface area contributed by atoms with E-state index < -0.39 is 6.10 Å². The van der Waals surface area contributed by atoms with E-state index in [1.54, 1.807) is 4.68 Å². The molecule has 1 aromatic rings. The second-order valence-electron chi connectivity index (χ2n) is 9.48. The molecule has 3 aliphatic heterocycles. The van der Waals surface area contributed by atoms with Gasteiger partial charge < -0.3 is 19.6 Å². The lowest BCUT2D eigenvalue weighted by molar-refractivity contribution is -0.137. The summed E-state index contributed by atoms with van der Waals surface area (Å²) in [6.45, 7) is 9.79. The molecule has 3 aliphatic rings. The zero-order valence-corrected chi connectivity index (χ0v) is 19.4. The number of piperidine rings is 1. The number of likely N-dealkylation sites (tertiary alicyclic amines) is 2. The third-order valence-corrected chi connectivity index (χ3v) is 7.45. The van der Waals surface area contributed by atoms with Crippen molar-refractivity contribution in [2.75, 3.05) is 39.4 Å². The Kier molecular flexibility index (Phi) is 7.31. The summed E-state index contributed by atoms with van der Waals surface area (Å²) in [4.78, 5) is 20.4. The maximum atomic E-state index is 13.5. The lowest BCUT2D eigenvalue weighted by Gasteiger charge is -2.43. The lowest BCUT2D eigenvalue weighted by atomic mass is 9.98. The van der Waals surface area contributed by atoms with E-state index in [0.29, 0.717) is 38.1 Å². The van der Waals surface area contributed by atoms with Crippen LogP contribution in [0.3, 0.4) is 0 Å². The van der Waals surface area contributed by atoms with Crippen LogP contribution in [0.4, 0.5) is 0 Å². The van der Waals surface area contributed by atoms with Crippen LogP contribution in [-0.2, 0) is 23.1 Å². The Morgan fingerprint density at radius 1 is 1.23 bits per heavy atom. The lowest BCUT2D eigenvalue weighted by Crippen LogP contribution is -2.53. The fourth-order valence-electron chi connectivity index (χ4n) is 5.68. The molecule has 8 nitrogen and oxygen atoms in total. The Bertz CT molecular complexity index is 740. The molecule has 1 N–H and O–H groups in total. The molecule has 0 unspecified atom stereocenters. The summed E-state index contributed by atoms with van der Waals surface area (Å²) >= 11 is 0. The van der Waals surface area contributed by atoms with Gasteiger partial charge in [0.15, 0.2) is 0 Å². The molecule has 1 aromatic heterocycles. The number of likely N-dealkylation sites (N-methyl/N-ethyl adjacent to an activating group) is 1. The van der Waals surface area contributed by atoms with Crippen molar-refractivity contribution in [2.24, 2.45) is 7.05 Å². The molecule has 3 fully saturated rings. The zero-order chi connectivity index (χ0) is 22.0. The molecule has 1 amide bonds. The Morgan fingerprint density at radius 3 is 2.55 bits per heavy atom. The van der Waals surface area contributed by atoms with Crippen molar-refractivity contribution in [2.45, 2.75) is 76.7 Å². The molecule has 0 aromatic carbocycles. The van der Waals surface area contributed by atoms with Gasteiger partial charge in [-0.2, -0.15) is 5.10 Å². The number of nitrogens with zero attached hydrogens (tertiary/aromatic N) is 5. The quantitative estimate of drug-likeness (QED) is 0.726. The van der Waals surface area contributed by atoms with Crippen LogP contribution in [0, 0.1) is 6.92 Å². The number of carbonyl (C=O) groups excluding carboxylic acids is 1. The Hall–Kier alpha value is -1.48. The van der Waals surface area contributed by atoms with Crippen LogP contribution in [0.2, 0.25) is 0 Å². The van der Waals surface area contributed by atoms with Crippen LogP contribution in [0.15, 0.2) is 6.20 Å². The van der Waals surface area contributed by atoms with E-state index in [9.17, 15) is 9.90 Å². The summed E-state index contributed by atoms with van der Waals surface area (Å²) in [6.07, 6.45) is 6.53. The predicted octanol–water partition coefficient (Wildman–Crippen LogP) is 1.16. The minimum Gasteiger partial charge on any atom is -0.392 e. The Labute approximate surface area is 186 Å². The van der Waals surface area contributed by atoms with Crippen LogP contribution in [0.25, 0.3) is 0 Å². The summed E-state index contributed by atoms with van der Waals surface area (Å²) in [5.74, 6) is 0.147. The van der Waals surface area contributed by atoms with E-state index in [1.807, 2.05) is 32.0 Å². The number of amides is 1. The van der Waals surface area contributed by atoms with E-state index in [-0.39, 0.29) is 11.9 Å². The van der Waals surface area contributed by atoms with Gasteiger partial charge in [0.1, 0.15) is 0 Å². The zero-order valence-electron chi connectivity index (χ0n) is 19.4. The Morgan fingerprint density at radius 2 is 1.94 bits per heavy atom. The van der Waals surface area contributed by atoms with Gasteiger partial charge in [0, 0.05) is 63.7 Å². The summed E-state index contributed by atoms with van der Waals surface area (Å²) in [5, 5.41) is 14.9. The maximum absolute atomic E-state index is 13.5. The topological polar surface area (TPSA) is 74.1 Å². The summed E-state index contributed by atoms with van der Waals surface area (Å²) in [5.41, 5.74) is 2.06. The van der Waals surface area contributed by atoms with Gasteiger partial charge in [-0.15, -0.1) is 0 Å². The second kappa shape index (κ2) is 9.98. The van der Waals surface area contributed by atoms with Crippen LogP contribution in [0.5, 0.6) is 0 Å². The molecule has 3 saturated heterocycles. The fourth-order valence-corrected chi connectivity index (χ4v) is 5.68. The van der Waals surface area contributed by atoms with Crippen LogP contribution in [0.1, 0.15) is 50.3 Å². The van der Waals surface area contributed by atoms with Crippen molar-refractivity contribution in [3.8, 4) is 0 Å². The van der Waals surface area contributed by atoms with Gasteiger partial charge in [0.25, 0.3) is 0 Å². The highest BCUT2D eigenvalue weighted by atomic mass is 16.5. The van der Waals surface area contributed by atoms with Gasteiger partial charge >= 0.3 is 0 Å². The second-order valence-corrected chi connectivity index (χ2v) is 9.48. The molecular weight excluding hydrogens is 394 g/mol. The highest BCUT2D eigenvalue weighted by molar-refractivity contribution is 5.82. The summed E-state index contributed by atoms with van der Waals surface area (Å²) in [6, 6.07) is 0.808. The van der Waals surface area contributed by atoms with Crippen LogP contribution < -0.4 is 0 Å². The SMILES string of the molecule is CCN(Cc1cn(C)nc1C)C(=O)[C@@H]1C[C@@H](O)CN1C1CCN(C2CCOCC2)CC1. The number of aliphatic hydroxyl groups is 1. The summed E-state index contributed by atoms with van der Waals surface area (Å²) in [7, 11) is 1.91. The van der Waals surface area contributed by atoms with Crippen molar-refractivity contribution in [1.29, 1.82) is 0 Å². The van der Waals surface area contributed by atoms with Crippen molar-refractivity contribution in [1.82, 2.24) is 24.5 Å². The largest absolute Gasteiger partial charge is 0.392 e. The number of hydrogen-bond acceptors (Lipinski definition) is 6. The number of aliphatic hydroxyl groups excluding tert-OH is 1. The van der Waals surface area contributed by atoms with Crippen LogP contribution in [-0.4, -0.2) is 99.1 Å². The fraction of sp³-hybridized carbons (Fsp3) is 0.826. The van der Waals surface area contributed by atoms with Crippen molar-refractivity contribution >= 4 is 5.91 Å². The number of hydrogen-bond donors (Lipinski definition) is 1. The van der Waals surface area contributed by atoms with E-state index >= 15 is 0 Å². The number of carbonyl (C=O) groups is 1. The molecule has 4 heterocycles. The van der Waals surface area contributed by atoms with Gasteiger partial charge in [-0.3, -0.25) is 14.4 Å². The molecule has 0 spiro atoms. The molecule has 31 heavy (non-hydrogen) atoms.